The van der Waals surface area contributed by atoms with Crippen LogP contribution in [0, 0.1) is 0 Å². The van der Waals surface area contributed by atoms with Gasteiger partial charge < -0.3 is 0 Å². The SMILES string of the molecule is F[C@@H](Br)[C@@H](Br)C(F)(F)F. The average molecular weight is 274 g/mol. The molecule has 0 unspecified atom stereocenters. The molecule has 0 amide bonds. The predicted octanol–water partition coefficient (Wildman–Crippen LogP) is 3.00. The predicted molar refractivity (Wildman–Crippen MR) is 32.6 cm³/mol. The highest BCUT2D eigenvalue weighted by Crippen LogP contribution is 2.32. The van der Waals surface area contributed by atoms with Gasteiger partial charge in [-0.05, 0) is 0 Å². The summed E-state index contributed by atoms with van der Waals surface area (Å²) in [5.41, 5.74) is 0. The first-order chi connectivity index (χ1) is 3.85. The highest BCUT2D eigenvalue weighted by atomic mass is 79.9. The van der Waals surface area contributed by atoms with Gasteiger partial charge in [0, 0.05) is 0 Å². The monoisotopic (exact) mass is 272 g/mol. The molecule has 0 aliphatic heterocycles. The molecule has 0 aromatic rings. The highest BCUT2D eigenvalue weighted by Gasteiger charge is 2.42. The lowest BCUT2D eigenvalue weighted by molar-refractivity contribution is -0.131. The maximum atomic E-state index is 11.7. The van der Waals surface area contributed by atoms with Gasteiger partial charge in [0.15, 0.2) is 9.91 Å². The number of hydrogen-bond acceptors (Lipinski definition) is 0. The minimum atomic E-state index is -4.52. The van der Waals surface area contributed by atoms with Crippen LogP contribution in [0.1, 0.15) is 0 Å². The van der Waals surface area contributed by atoms with Crippen molar-refractivity contribution in [2.45, 2.75) is 16.1 Å². The smallest absolute Gasteiger partial charge is 0.233 e. The molecule has 0 spiro atoms. The van der Waals surface area contributed by atoms with Crippen LogP contribution in [0.4, 0.5) is 17.6 Å². The zero-order valence-electron chi connectivity index (χ0n) is 3.92. The summed E-state index contributed by atoms with van der Waals surface area (Å²) >= 11 is 4.26. The number of alkyl halides is 6. The molecule has 0 aliphatic rings. The molecule has 0 radical (unpaired) electrons. The van der Waals surface area contributed by atoms with E-state index in [1.54, 1.807) is 0 Å². The molecule has 0 bridgehead atoms. The maximum absolute atomic E-state index is 11.7. The second kappa shape index (κ2) is 3.18. The molecule has 0 rings (SSSR count). The van der Waals surface area contributed by atoms with Crippen LogP contribution in [0.3, 0.4) is 0 Å². The normalized spacial score (nSPS) is 19.3. The average Bonchev–Trinajstić information content (AvgIpc) is 1.62. The summed E-state index contributed by atoms with van der Waals surface area (Å²) in [4.78, 5) is -2.12. The summed E-state index contributed by atoms with van der Waals surface area (Å²) in [6.45, 7) is 0. The molecule has 0 aliphatic carbocycles. The van der Waals surface area contributed by atoms with E-state index in [-0.39, 0.29) is 0 Å². The fourth-order valence-corrected chi connectivity index (χ4v) is 0.443. The van der Waals surface area contributed by atoms with Crippen LogP contribution in [-0.4, -0.2) is 16.1 Å². The van der Waals surface area contributed by atoms with Gasteiger partial charge in [0.2, 0.25) is 0 Å². The van der Waals surface area contributed by atoms with Gasteiger partial charge in [0.1, 0.15) is 0 Å². The quantitative estimate of drug-likeness (QED) is 0.509. The minimum Gasteiger partial charge on any atom is -0.233 e. The maximum Gasteiger partial charge on any atom is 0.404 e. The van der Waals surface area contributed by atoms with Gasteiger partial charge >= 0.3 is 6.18 Å². The van der Waals surface area contributed by atoms with Crippen LogP contribution in [-0.2, 0) is 0 Å². The van der Waals surface area contributed by atoms with E-state index in [1.807, 2.05) is 0 Å². The molecule has 0 saturated carbocycles. The molecule has 0 saturated heterocycles. The Bertz CT molecular complexity index is 88.3. The second-order valence-electron chi connectivity index (χ2n) is 1.28. The number of halogens is 6. The van der Waals surface area contributed by atoms with Crippen molar-refractivity contribution in [2.75, 3.05) is 0 Å². The van der Waals surface area contributed by atoms with Crippen LogP contribution in [0.25, 0.3) is 0 Å². The van der Waals surface area contributed by atoms with Crippen molar-refractivity contribution < 1.29 is 17.6 Å². The molecule has 0 aromatic heterocycles. The molecule has 0 N–H and O–H groups in total. The zero-order chi connectivity index (χ0) is 7.65. The lowest BCUT2D eigenvalue weighted by Gasteiger charge is -2.12. The minimum absolute atomic E-state index is 2.09. The highest BCUT2D eigenvalue weighted by molar-refractivity contribution is 9.12. The summed E-state index contributed by atoms with van der Waals surface area (Å²) in [5, 5.41) is -2.09. The summed E-state index contributed by atoms with van der Waals surface area (Å²) in [6.07, 6.45) is -4.52. The van der Waals surface area contributed by atoms with Crippen LogP contribution in [0.15, 0.2) is 0 Å². The molecule has 9 heavy (non-hydrogen) atoms. The number of hydrogen-bond donors (Lipinski definition) is 0. The van der Waals surface area contributed by atoms with Gasteiger partial charge in [-0.2, -0.15) is 13.2 Å². The third-order valence-corrected chi connectivity index (χ3v) is 2.76. The molecule has 56 valence electrons. The van der Waals surface area contributed by atoms with E-state index in [4.69, 9.17) is 0 Å². The van der Waals surface area contributed by atoms with Crippen molar-refractivity contribution in [1.29, 1.82) is 0 Å². The molecule has 0 nitrogen and oxygen atoms in total. The largest absolute Gasteiger partial charge is 0.404 e. The van der Waals surface area contributed by atoms with E-state index in [0.717, 1.165) is 0 Å². The van der Waals surface area contributed by atoms with E-state index >= 15 is 0 Å². The van der Waals surface area contributed by atoms with E-state index < -0.39 is 16.1 Å². The van der Waals surface area contributed by atoms with Crippen molar-refractivity contribution in [3.05, 3.63) is 0 Å². The van der Waals surface area contributed by atoms with E-state index in [0.29, 0.717) is 0 Å². The van der Waals surface area contributed by atoms with Gasteiger partial charge in [0.05, 0.1) is 0 Å². The Balaban J connectivity index is 3.88. The molecule has 0 heterocycles. The topological polar surface area (TPSA) is 0 Å². The zero-order valence-corrected chi connectivity index (χ0v) is 7.09. The van der Waals surface area contributed by atoms with Crippen molar-refractivity contribution in [2.24, 2.45) is 0 Å². The van der Waals surface area contributed by atoms with Crippen LogP contribution in [0.2, 0.25) is 0 Å². The Kier molecular flexibility index (Phi) is 3.42. The summed E-state index contributed by atoms with van der Waals surface area (Å²) in [6, 6.07) is 0. The van der Waals surface area contributed by atoms with Crippen LogP contribution >= 0.6 is 31.9 Å². The molecule has 6 heteroatoms. The Morgan fingerprint density at radius 3 is 1.44 bits per heavy atom. The van der Waals surface area contributed by atoms with Crippen molar-refractivity contribution in [1.82, 2.24) is 0 Å². The third-order valence-electron chi connectivity index (χ3n) is 0.534. The lowest BCUT2D eigenvalue weighted by atomic mass is 10.5. The first-order valence-electron chi connectivity index (χ1n) is 1.84. The Hall–Kier alpha value is 0.680. The van der Waals surface area contributed by atoms with Gasteiger partial charge in [-0.3, -0.25) is 0 Å². The summed E-state index contributed by atoms with van der Waals surface area (Å²) < 4.78 is 45.9. The third kappa shape index (κ3) is 3.40. The molecule has 2 atom stereocenters. The van der Waals surface area contributed by atoms with Crippen molar-refractivity contribution in [3.63, 3.8) is 0 Å². The van der Waals surface area contributed by atoms with Crippen molar-refractivity contribution in [3.8, 4) is 0 Å². The first-order valence-corrected chi connectivity index (χ1v) is 3.67. The lowest BCUT2D eigenvalue weighted by Crippen LogP contribution is -2.28. The molecule has 0 fully saturated rings. The Labute approximate surface area is 65.9 Å². The van der Waals surface area contributed by atoms with E-state index in [9.17, 15) is 17.6 Å². The van der Waals surface area contributed by atoms with Gasteiger partial charge in [0.25, 0.3) is 0 Å². The van der Waals surface area contributed by atoms with E-state index in [2.05, 4.69) is 31.9 Å². The van der Waals surface area contributed by atoms with E-state index in [1.165, 1.54) is 0 Å². The van der Waals surface area contributed by atoms with Crippen molar-refractivity contribution >= 4 is 31.9 Å². The Morgan fingerprint density at radius 1 is 1.11 bits per heavy atom. The molecular formula is C3H2Br2F4. The van der Waals surface area contributed by atoms with Gasteiger partial charge in [-0.25, -0.2) is 4.39 Å². The van der Waals surface area contributed by atoms with Crippen LogP contribution in [0.5, 0.6) is 0 Å². The fourth-order valence-electron chi connectivity index (χ4n) is 0.143. The van der Waals surface area contributed by atoms with Gasteiger partial charge in [-0.1, -0.05) is 31.9 Å². The second-order valence-corrected chi connectivity index (χ2v) is 3.14. The molecule has 0 aromatic carbocycles. The first kappa shape index (κ1) is 9.68. The summed E-state index contributed by atoms with van der Waals surface area (Å²) in [7, 11) is 0. The fraction of sp³-hybridized carbons (Fsp3) is 1.00. The molecular weight excluding hydrogens is 272 g/mol. The number of rotatable bonds is 1. The Morgan fingerprint density at radius 2 is 1.44 bits per heavy atom. The van der Waals surface area contributed by atoms with Crippen LogP contribution < -0.4 is 0 Å². The summed E-state index contributed by atoms with van der Waals surface area (Å²) in [5.74, 6) is 0. The standard InChI is InChI=1S/C3H2Br2F4/c4-1(2(5)6)3(7,8)9/h1-2H/t1-,2-/m1/s1. The van der Waals surface area contributed by atoms with Gasteiger partial charge in [-0.15, -0.1) is 0 Å².